The van der Waals surface area contributed by atoms with E-state index in [0.29, 0.717) is 12.6 Å². The first-order valence-electron chi connectivity index (χ1n) is 10.7. The average Bonchev–Trinajstić information content (AvgIpc) is 3.02. The summed E-state index contributed by atoms with van der Waals surface area (Å²) in [5, 5.41) is 3.43. The van der Waals surface area contributed by atoms with Gasteiger partial charge in [0.15, 0.2) is 0 Å². The van der Waals surface area contributed by atoms with Crippen LogP contribution in [0.5, 0.6) is 0 Å². The van der Waals surface area contributed by atoms with Crippen LogP contribution in [0, 0.1) is 0 Å². The Morgan fingerprint density at radius 1 is 1.38 bits per heavy atom. The molecule has 0 aliphatic carbocycles. The summed E-state index contributed by atoms with van der Waals surface area (Å²) in [5.41, 5.74) is 4.41. The lowest BCUT2D eigenvalue weighted by Crippen LogP contribution is -2.52. The van der Waals surface area contributed by atoms with E-state index < -0.39 is 0 Å². The quantitative estimate of drug-likeness (QED) is 0.720. The highest BCUT2D eigenvalue weighted by Crippen LogP contribution is 2.35. The van der Waals surface area contributed by atoms with E-state index in [4.69, 9.17) is 4.98 Å². The van der Waals surface area contributed by atoms with Gasteiger partial charge in [-0.05, 0) is 37.0 Å². The molecule has 0 radical (unpaired) electrons. The van der Waals surface area contributed by atoms with Crippen LogP contribution >= 0.6 is 0 Å². The molecule has 2 atom stereocenters. The van der Waals surface area contributed by atoms with Crippen molar-refractivity contribution in [3.63, 3.8) is 0 Å². The fraction of sp³-hybridized carbons (Fsp3) is 0.500. The molecule has 1 aromatic heterocycles. The van der Waals surface area contributed by atoms with Gasteiger partial charge in [-0.15, -0.1) is 0 Å². The van der Waals surface area contributed by atoms with Crippen molar-refractivity contribution in [2.75, 3.05) is 37.6 Å². The number of anilines is 1. The predicted octanol–water partition coefficient (Wildman–Crippen LogP) is 3.45. The van der Waals surface area contributed by atoms with Gasteiger partial charge in [0, 0.05) is 44.3 Å². The fourth-order valence-electron chi connectivity index (χ4n) is 4.21. The number of rotatable bonds is 7. The minimum atomic E-state index is 0.180. The van der Waals surface area contributed by atoms with Gasteiger partial charge in [0.25, 0.3) is 0 Å². The first-order valence-corrected chi connectivity index (χ1v) is 10.7. The molecule has 1 aromatic rings. The molecule has 2 aliphatic rings. The number of hydrogen-bond acceptors (Lipinski definition) is 4. The van der Waals surface area contributed by atoms with Crippen molar-refractivity contribution in [2.24, 2.45) is 0 Å². The average molecular weight is 395 g/mol. The summed E-state index contributed by atoms with van der Waals surface area (Å²) in [7, 11) is 0. The van der Waals surface area contributed by atoms with Crippen molar-refractivity contribution in [3.8, 4) is 0 Å². The number of aromatic nitrogens is 1. The number of nitrogens with zero attached hydrogens (tertiary/aromatic N) is 3. The summed E-state index contributed by atoms with van der Waals surface area (Å²) >= 11 is 0. The smallest absolute Gasteiger partial charge is 0.241 e. The predicted molar refractivity (Wildman–Crippen MR) is 120 cm³/mol. The Balaban J connectivity index is 1.76. The molecule has 3 heterocycles. The number of amides is 1. The van der Waals surface area contributed by atoms with Crippen molar-refractivity contribution in [1.82, 2.24) is 15.2 Å². The number of hydrogen-bond donors (Lipinski definition) is 1. The van der Waals surface area contributed by atoms with Gasteiger partial charge in [-0.3, -0.25) is 14.7 Å². The third kappa shape index (κ3) is 5.43. The Morgan fingerprint density at radius 2 is 2.21 bits per heavy atom. The standard InChI is InChI=1S/C24H34N4O/c1-5-7-9-20(8-6-2)12-21-13-22-24(26-14-21)18(3)15-28(22)23(29)17-27-11-10-25-19(4)16-27/h5,7-9,13-14,18-19,25H,1,6,10-12,15-17H2,2-4H3/b9-7-,20-8+. The molecule has 156 valence electrons. The molecule has 2 aliphatic heterocycles. The largest absolute Gasteiger partial charge is 0.312 e. The van der Waals surface area contributed by atoms with Gasteiger partial charge in [-0.1, -0.05) is 44.7 Å². The van der Waals surface area contributed by atoms with E-state index in [2.05, 4.69) is 55.8 Å². The zero-order valence-electron chi connectivity index (χ0n) is 18.0. The summed E-state index contributed by atoms with van der Waals surface area (Å²) in [6.45, 7) is 14.2. The Morgan fingerprint density at radius 3 is 2.93 bits per heavy atom. The molecule has 5 heteroatoms. The first kappa shape index (κ1) is 21.5. The summed E-state index contributed by atoms with van der Waals surface area (Å²) in [6, 6.07) is 2.59. The second kappa shape index (κ2) is 9.99. The zero-order valence-corrected chi connectivity index (χ0v) is 18.0. The van der Waals surface area contributed by atoms with Crippen LogP contribution in [0.15, 0.2) is 48.7 Å². The topological polar surface area (TPSA) is 48.5 Å². The third-order valence-electron chi connectivity index (χ3n) is 5.60. The summed E-state index contributed by atoms with van der Waals surface area (Å²) in [5.74, 6) is 0.454. The zero-order chi connectivity index (χ0) is 20.8. The van der Waals surface area contributed by atoms with Crippen molar-refractivity contribution in [3.05, 3.63) is 60.0 Å². The summed E-state index contributed by atoms with van der Waals surface area (Å²) in [6.07, 6.45) is 11.8. The van der Waals surface area contributed by atoms with Gasteiger partial charge in [0.05, 0.1) is 17.9 Å². The summed E-state index contributed by atoms with van der Waals surface area (Å²) in [4.78, 5) is 22.1. The van der Waals surface area contributed by atoms with Crippen molar-refractivity contribution < 1.29 is 4.79 Å². The monoisotopic (exact) mass is 394 g/mol. The molecule has 0 spiro atoms. The van der Waals surface area contributed by atoms with Gasteiger partial charge < -0.3 is 10.2 Å². The molecule has 3 rings (SSSR count). The number of carbonyl (C=O) groups excluding carboxylic acids is 1. The number of pyridine rings is 1. The highest BCUT2D eigenvalue weighted by atomic mass is 16.2. The van der Waals surface area contributed by atoms with E-state index >= 15 is 0 Å². The maximum absolute atomic E-state index is 13.1. The molecule has 0 saturated carbocycles. The normalized spacial score (nSPS) is 22.9. The fourth-order valence-corrected chi connectivity index (χ4v) is 4.21. The number of nitrogens with one attached hydrogen (secondary N) is 1. The van der Waals surface area contributed by atoms with Crippen LogP contribution in [0.4, 0.5) is 5.69 Å². The molecule has 1 N–H and O–H groups in total. The van der Waals surface area contributed by atoms with Crippen LogP contribution in [0.3, 0.4) is 0 Å². The lowest BCUT2D eigenvalue weighted by Gasteiger charge is -2.32. The molecule has 0 aromatic carbocycles. The van der Waals surface area contributed by atoms with Crippen LogP contribution < -0.4 is 10.2 Å². The van der Waals surface area contributed by atoms with Crippen molar-refractivity contribution in [1.29, 1.82) is 0 Å². The third-order valence-corrected chi connectivity index (χ3v) is 5.60. The Labute approximate surface area is 175 Å². The highest BCUT2D eigenvalue weighted by molar-refractivity contribution is 5.97. The summed E-state index contributed by atoms with van der Waals surface area (Å²) < 4.78 is 0. The van der Waals surface area contributed by atoms with Gasteiger partial charge >= 0.3 is 0 Å². The molecule has 29 heavy (non-hydrogen) atoms. The van der Waals surface area contributed by atoms with E-state index in [1.165, 1.54) is 5.57 Å². The van der Waals surface area contributed by atoms with Crippen LogP contribution in [-0.4, -0.2) is 54.6 Å². The van der Waals surface area contributed by atoms with E-state index in [1.807, 2.05) is 17.2 Å². The van der Waals surface area contributed by atoms with Crippen LogP contribution in [0.25, 0.3) is 0 Å². The number of allylic oxidation sites excluding steroid dienone is 5. The molecule has 5 nitrogen and oxygen atoms in total. The van der Waals surface area contributed by atoms with Gasteiger partial charge in [0.2, 0.25) is 5.91 Å². The van der Waals surface area contributed by atoms with Crippen LogP contribution in [0.1, 0.15) is 44.4 Å². The van der Waals surface area contributed by atoms with Gasteiger partial charge in [0.1, 0.15) is 0 Å². The minimum absolute atomic E-state index is 0.180. The number of fused-ring (bicyclic) bond motifs is 1. The Kier molecular flexibility index (Phi) is 7.40. The number of carbonyl (C=O) groups is 1. The van der Waals surface area contributed by atoms with Crippen LogP contribution in [0.2, 0.25) is 0 Å². The highest BCUT2D eigenvalue weighted by Gasteiger charge is 2.32. The van der Waals surface area contributed by atoms with Crippen molar-refractivity contribution >= 4 is 11.6 Å². The van der Waals surface area contributed by atoms with E-state index in [9.17, 15) is 4.79 Å². The second-order valence-corrected chi connectivity index (χ2v) is 8.20. The Bertz CT molecular complexity index is 798. The van der Waals surface area contributed by atoms with Gasteiger partial charge in [-0.2, -0.15) is 0 Å². The molecule has 0 bridgehead atoms. The Hall–Kier alpha value is -2.24. The van der Waals surface area contributed by atoms with Crippen LogP contribution in [-0.2, 0) is 11.2 Å². The SMILES string of the molecule is C=C/C=C\C(=C/CC)Cc1cnc2c(c1)N(C(=O)CN1CCNC(C)C1)CC2C. The molecule has 1 fully saturated rings. The van der Waals surface area contributed by atoms with E-state index in [1.54, 1.807) is 6.08 Å². The lowest BCUT2D eigenvalue weighted by molar-refractivity contribution is -0.119. The minimum Gasteiger partial charge on any atom is -0.312 e. The lowest BCUT2D eigenvalue weighted by atomic mass is 10.0. The number of piperazine rings is 1. The molecule has 2 unspecified atom stereocenters. The van der Waals surface area contributed by atoms with Gasteiger partial charge in [-0.25, -0.2) is 0 Å². The first-order chi connectivity index (χ1) is 14.0. The molecular weight excluding hydrogens is 360 g/mol. The van der Waals surface area contributed by atoms with E-state index in [0.717, 1.165) is 56.0 Å². The molecule has 1 saturated heterocycles. The second-order valence-electron chi connectivity index (χ2n) is 8.20. The maximum Gasteiger partial charge on any atom is 0.241 e. The molecular formula is C24H34N4O. The molecule has 1 amide bonds. The van der Waals surface area contributed by atoms with E-state index in [-0.39, 0.29) is 11.8 Å². The van der Waals surface area contributed by atoms with Crippen molar-refractivity contribution in [2.45, 2.75) is 45.6 Å². The maximum atomic E-state index is 13.1.